The van der Waals surface area contributed by atoms with Gasteiger partial charge < -0.3 is 15.7 Å². The van der Waals surface area contributed by atoms with Crippen molar-refractivity contribution in [3.63, 3.8) is 0 Å². The lowest BCUT2D eigenvalue weighted by Gasteiger charge is -2.20. The summed E-state index contributed by atoms with van der Waals surface area (Å²) in [5.74, 6) is 2.97. The monoisotopic (exact) mass is 278 g/mol. The summed E-state index contributed by atoms with van der Waals surface area (Å²) in [6.07, 6.45) is 5.28. The summed E-state index contributed by atoms with van der Waals surface area (Å²) in [6, 6.07) is 2.31. The van der Waals surface area contributed by atoms with Gasteiger partial charge in [0.2, 0.25) is 0 Å². The first-order valence-corrected chi connectivity index (χ1v) is 7.76. The molecule has 5 nitrogen and oxygen atoms in total. The molecular formula is C15H26N4O. The molecule has 2 unspecified atom stereocenters. The summed E-state index contributed by atoms with van der Waals surface area (Å²) in [5, 5.41) is 16.2. The number of anilines is 2. The van der Waals surface area contributed by atoms with Crippen LogP contribution in [0.2, 0.25) is 0 Å². The lowest BCUT2D eigenvalue weighted by molar-refractivity contribution is 0.222. The fourth-order valence-electron chi connectivity index (χ4n) is 2.71. The Labute approximate surface area is 121 Å². The third kappa shape index (κ3) is 3.82. The van der Waals surface area contributed by atoms with Crippen molar-refractivity contribution in [2.75, 3.05) is 23.8 Å². The van der Waals surface area contributed by atoms with Crippen molar-refractivity contribution in [1.82, 2.24) is 9.97 Å². The highest BCUT2D eigenvalue weighted by atomic mass is 16.3. The van der Waals surface area contributed by atoms with Gasteiger partial charge in [-0.1, -0.05) is 20.3 Å². The molecule has 1 aromatic heterocycles. The number of hydrogen-bond acceptors (Lipinski definition) is 5. The van der Waals surface area contributed by atoms with E-state index in [4.69, 9.17) is 0 Å². The predicted molar refractivity (Wildman–Crippen MR) is 82.0 cm³/mol. The van der Waals surface area contributed by atoms with Gasteiger partial charge in [-0.3, -0.25) is 0 Å². The van der Waals surface area contributed by atoms with Crippen LogP contribution in [0.5, 0.6) is 0 Å². The van der Waals surface area contributed by atoms with Crippen molar-refractivity contribution in [2.24, 2.45) is 5.92 Å². The van der Waals surface area contributed by atoms with Crippen molar-refractivity contribution in [3.05, 3.63) is 11.9 Å². The zero-order valence-corrected chi connectivity index (χ0v) is 12.5. The van der Waals surface area contributed by atoms with Crippen molar-refractivity contribution < 1.29 is 5.11 Å². The van der Waals surface area contributed by atoms with Gasteiger partial charge in [-0.15, -0.1) is 0 Å². The van der Waals surface area contributed by atoms with Gasteiger partial charge >= 0.3 is 0 Å². The molecule has 1 aromatic rings. The van der Waals surface area contributed by atoms with Crippen molar-refractivity contribution in [1.29, 1.82) is 0 Å². The normalized spacial score (nSPS) is 21.9. The van der Waals surface area contributed by atoms with Gasteiger partial charge in [0.1, 0.15) is 17.5 Å². The Balaban J connectivity index is 2.09. The third-order valence-electron chi connectivity index (χ3n) is 3.87. The Hall–Kier alpha value is -1.36. The van der Waals surface area contributed by atoms with Gasteiger partial charge in [0.15, 0.2) is 0 Å². The molecule has 2 atom stereocenters. The van der Waals surface area contributed by atoms with Crippen LogP contribution in [0.1, 0.15) is 45.4 Å². The Bertz CT molecular complexity index is 424. The average molecular weight is 278 g/mol. The molecule has 5 heteroatoms. The average Bonchev–Trinajstić information content (AvgIpc) is 2.92. The topological polar surface area (TPSA) is 70.1 Å². The van der Waals surface area contributed by atoms with Crippen LogP contribution in [0.25, 0.3) is 0 Å². The Morgan fingerprint density at radius 2 is 2.05 bits per heavy atom. The van der Waals surface area contributed by atoms with Crippen LogP contribution in [0, 0.1) is 5.92 Å². The molecule has 1 aliphatic carbocycles. The van der Waals surface area contributed by atoms with Crippen LogP contribution in [0.3, 0.4) is 0 Å². The van der Waals surface area contributed by atoms with Gasteiger partial charge in [-0.25, -0.2) is 9.97 Å². The Morgan fingerprint density at radius 1 is 1.25 bits per heavy atom. The molecule has 20 heavy (non-hydrogen) atoms. The Kier molecular flexibility index (Phi) is 5.59. The quantitative estimate of drug-likeness (QED) is 0.714. The molecule has 1 heterocycles. The number of aliphatic hydroxyl groups excluding tert-OH is 1. The maximum atomic E-state index is 9.40. The van der Waals surface area contributed by atoms with Crippen LogP contribution in [-0.2, 0) is 6.42 Å². The summed E-state index contributed by atoms with van der Waals surface area (Å²) in [5.41, 5.74) is 0. The van der Waals surface area contributed by atoms with E-state index in [9.17, 15) is 5.11 Å². The highest BCUT2D eigenvalue weighted by Gasteiger charge is 2.26. The largest absolute Gasteiger partial charge is 0.396 e. The minimum absolute atomic E-state index is 0.254. The van der Waals surface area contributed by atoms with Gasteiger partial charge in [0.25, 0.3) is 0 Å². The maximum Gasteiger partial charge on any atom is 0.132 e. The molecule has 112 valence electrons. The highest BCUT2D eigenvalue weighted by Crippen LogP contribution is 2.28. The first-order chi connectivity index (χ1) is 9.76. The van der Waals surface area contributed by atoms with E-state index in [0.717, 1.165) is 49.7 Å². The molecule has 3 N–H and O–H groups in total. The molecule has 0 aliphatic heterocycles. The van der Waals surface area contributed by atoms with Crippen LogP contribution in [0.15, 0.2) is 6.07 Å². The van der Waals surface area contributed by atoms with Crippen molar-refractivity contribution >= 4 is 11.6 Å². The number of aliphatic hydroxyl groups is 1. The summed E-state index contributed by atoms with van der Waals surface area (Å²) in [4.78, 5) is 9.04. The van der Waals surface area contributed by atoms with Crippen molar-refractivity contribution in [3.8, 4) is 0 Å². The number of rotatable bonds is 7. The third-order valence-corrected chi connectivity index (χ3v) is 3.87. The summed E-state index contributed by atoms with van der Waals surface area (Å²) in [6.45, 7) is 5.37. The second-order valence-corrected chi connectivity index (χ2v) is 5.46. The number of aryl methyl sites for hydroxylation is 1. The van der Waals surface area contributed by atoms with Gasteiger partial charge in [0, 0.05) is 37.6 Å². The van der Waals surface area contributed by atoms with E-state index in [1.54, 1.807) is 0 Å². The van der Waals surface area contributed by atoms with E-state index in [0.29, 0.717) is 12.0 Å². The summed E-state index contributed by atoms with van der Waals surface area (Å²) in [7, 11) is 0. The molecule has 0 spiro atoms. The molecule has 0 aromatic carbocycles. The number of nitrogens with one attached hydrogen (secondary N) is 2. The number of aromatic nitrogens is 2. The SMILES string of the molecule is CCCNc1cc(NC2CCCC2CO)nc(CC)n1. The summed E-state index contributed by atoms with van der Waals surface area (Å²) < 4.78 is 0. The van der Waals surface area contributed by atoms with E-state index < -0.39 is 0 Å². The second-order valence-electron chi connectivity index (χ2n) is 5.46. The molecule has 2 rings (SSSR count). The fraction of sp³-hybridized carbons (Fsp3) is 0.733. The molecular weight excluding hydrogens is 252 g/mol. The molecule has 1 aliphatic rings. The second kappa shape index (κ2) is 7.43. The molecule has 1 saturated carbocycles. The standard InChI is InChI=1S/C15H26N4O/c1-3-8-16-14-9-15(19-13(4-2)18-14)17-12-7-5-6-11(12)10-20/h9,11-12,20H,3-8,10H2,1-2H3,(H2,16,17,18,19). The number of hydrogen-bond donors (Lipinski definition) is 3. The lowest BCUT2D eigenvalue weighted by atomic mass is 10.1. The summed E-state index contributed by atoms with van der Waals surface area (Å²) >= 11 is 0. The first-order valence-electron chi connectivity index (χ1n) is 7.76. The predicted octanol–water partition coefficient (Wildman–Crippen LogP) is 2.43. The molecule has 0 amide bonds. The van der Waals surface area contributed by atoms with Gasteiger partial charge in [-0.2, -0.15) is 0 Å². The molecule has 0 radical (unpaired) electrons. The van der Waals surface area contributed by atoms with Gasteiger partial charge in [-0.05, 0) is 19.3 Å². The Morgan fingerprint density at radius 3 is 2.75 bits per heavy atom. The van der Waals surface area contributed by atoms with Gasteiger partial charge in [0.05, 0.1) is 0 Å². The first kappa shape index (κ1) is 15.0. The molecule has 1 fully saturated rings. The van der Waals surface area contributed by atoms with E-state index >= 15 is 0 Å². The van der Waals surface area contributed by atoms with E-state index in [2.05, 4.69) is 34.4 Å². The minimum atomic E-state index is 0.254. The van der Waals surface area contributed by atoms with Crippen LogP contribution in [-0.4, -0.2) is 34.3 Å². The minimum Gasteiger partial charge on any atom is -0.396 e. The zero-order valence-electron chi connectivity index (χ0n) is 12.5. The van der Waals surface area contributed by atoms with Crippen molar-refractivity contribution in [2.45, 2.75) is 52.0 Å². The number of nitrogens with zero attached hydrogens (tertiary/aromatic N) is 2. The molecule has 0 bridgehead atoms. The van der Waals surface area contributed by atoms with E-state index in [1.165, 1.54) is 6.42 Å². The zero-order chi connectivity index (χ0) is 14.4. The van der Waals surface area contributed by atoms with Crippen LogP contribution in [0.4, 0.5) is 11.6 Å². The highest BCUT2D eigenvalue weighted by molar-refractivity contribution is 5.48. The fourth-order valence-corrected chi connectivity index (χ4v) is 2.71. The van der Waals surface area contributed by atoms with Crippen LogP contribution < -0.4 is 10.6 Å². The van der Waals surface area contributed by atoms with E-state index in [1.807, 2.05) is 6.07 Å². The smallest absolute Gasteiger partial charge is 0.132 e. The lowest BCUT2D eigenvalue weighted by Crippen LogP contribution is -2.27. The van der Waals surface area contributed by atoms with E-state index in [-0.39, 0.29) is 6.61 Å². The molecule has 0 saturated heterocycles. The maximum absolute atomic E-state index is 9.40. The van der Waals surface area contributed by atoms with Crippen LogP contribution >= 0.6 is 0 Å².